The Kier molecular flexibility index (Phi) is 6.96. The standard InChI is InChI=1S/C30H31N3O3/c1-19-13-15-21(16-14-19)28(34)24-10-3-5-12-26(24)29(35)31-22-8-6-7-20(17-22)18-27-23-9-2-4-11-25(23)30(36)33-32-27/h3,5-8,10,12-17,23,25,27,32H,2,4,9,11,18H2,1H3,(H,31,35)(H,33,36). The zero-order valence-corrected chi connectivity index (χ0v) is 20.4. The highest BCUT2D eigenvalue weighted by atomic mass is 16.2. The van der Waals surface area contributed by atoms with Crippen LogP contribution in [0, 0.1) is 18.8 Å². The molecule has 6 nitrogen and oxygen atoms in total. The first kappa shape index (κ1) is 23.9. The molecule has 3 aromatic rings. The summed E-state index contributed by atoms with van der Waals surface area (Å²) >= 11 is 0. The van der Waals surface area contributed by atoms with Crippen molar-refractivity contribution >= 4 is 23.3 Å². The van der Waals surface area contributed by atoms with Gasteiger partial charge in [-0.1, -0.05) is 73.0 Å². The van der Waals surface area contributed by atoms with Crippen LogP contribution in [0.4, 0.5) is 5.69 Å². The average Bonchev–Trinajstić information content (AvgIpc) is 2.91. The molecule has 3 N–H and O–H groups in total. The Labute approximate surface area is 211 Å². The van der Waals surface area contributed by atoms with Crippen LogP contribution in [0.3, 0.4) is 0 Å². The fourth-order valence-electron chi connectivity index (χ4n) is 5.50. The zero-order valence-electron chi connectivity index (χ0n) is 20.4. The summed E-state index contributed by atoms with van der Waals surface area (Å²) in [6, 6.07) is 22.2. The predicted octanol–water partition coefficient (Wildman–Crippen LogP) is 4.83. The van der Waals surface area contributed by atoms with Crippen LogP contribution in [-0.2, 0) is 11.2 Å². The lowest BCUT2D eigenvalue weighted by Gasteiger charge is -2.41. The van der Waals surface area contributed by atoms with Crippen molar-refractivity contribution in [3.8, 4) is 0 Å². The first-order valence-corrected chi connectivity index (χ1v) is 12.7. The Balaban J connectivity index is 1.31. The number of ketones is 1. The molecule has 0 bridgehead atoms. The third kappa shape index (κ3) is 5.09. The number of aryl methyl sites for hydroxylation is 1. The van der Waals surface area contributed by atoms with Gasteiger partial charge in [-0.05, 0) is 55.9 Å². The summed E-state index contributed by atoms with van der Waals surface area (Å²) < 4.78 is 0. The fourth-order valence-corrected chi connectivity index (χ4v) is 5.50. The van der Waals surface area contributed by atoms with E-state index in [1.54, 1.807) is 36.4 Å². The van der Waals surface area contributed by atoms with Gasteiger partial charge in [0.1, 0.15) is 0 Å². The lowest BCUT2D eigenvalue weighted by atomic mass is 9.72. The highest BCUT2D eigenvalue weighted by Gasteiger charge is 2.39. The molecule has 2 aliphatic rings. The summed E-state index contributed by atoms with van der Waals surface area (Å²) in [5.41, 5.74) is 10.2. The van der Waals surface area contributed by atoms with Crippen LogP contribution < -0.4 is 16.2 Å². The SMILES string of the molecule is Cc1ccc(C(=O)c2ccccc2C(=O)Nc2cccc(CC3NNC(=O)C4CCCCC34)c2)cc1. The Morgan fingerprint density at radius 1 is 0.917 bits per heavy atom. The highest BCUT2D eigenvalue weighted by molar-refractivity contribution is 6.17. The van der Waals surface area contributed by atoms with Crippen LogP contribution in [0.15, 0.2) is 72.8 Å². The molecule has 184 valence electrons. The van der Waals surface area contributed by atoms with E-state index >= 15 is 0 Å². The van der Waals surface area contributed by atoms with Gasteiger partial charge in [-0.3, -0.25) is 19.8 Å². The number of rotatable bonds is 6. The number of amides is 2. The maximum atomic E-state index is 13.2. The van der Waals surface area contributed by atoms with E-state index in [0.717, 1.165) is 43.2 Å². The molecule has 2 amide bonds. The van der Waals surface area contributed by atoms with Crippen LogP contribution in [0.2, 0.25) is 0 Å². The number of benzene rings is 3. The van der Waals surface area contributed by atoms with E-state index in [1.807, 2.05) is 43.3 Å². The lowest BCUT2D eigenvalue weighted by molar-refractivity contribution is -0.133. The van der Waals surface area contributed by atoms with Gasteiger partial charge >= 0.3 is 0 Å². The first-order chi connectivity index (χ1) is 17.5. The number of carbonyl (C=O) groups excluding carboxylic acids is 3. The molecule has 0 radical (unpaired) electrons. The van der Waals surface area contributed by atoms with E-state index in [4.69, 9.17) is 0 Å². The molecule has 2 fully saturated rings. The summed E-state index contributed by atoms with van der Waals surface area (Å²) in [6.07, 6.45) is 5.03. The number of hydrogen-bond donors (Lipinski definition) is 3. The average molecular weight is 482 g/mol. The van der Waals surface area contributed by atoms with E-state index in [-0.39, 0.29) is 29.6 Å². The van der Waals surface area contributed by atoms with Crippen LogP contribution in [0.25, 0.3) is 0 Å². The molecule has 3 unspecified atom stereocenters. The largest absolute Gasteiger partial charge is 0.322 e. The van der Waals surface area contributed by atoms with E-state index in [2.05, 4.69) is 16.2 Å². The Morgan fingerprint density at radius 2 is 1.67 bits per heavy atom. The van der Waals surface area contributed by atoms with Gasteiger partial charge in [0.2, 0.25) is 5.91 Å². The minimum atomic E-state index is -0.321. The molecule has 1 saturated carbocycles. The lowest BCUT2D eigenvalue weighted by Crippen LogP contribution is -2.60. The molecule has 1 aliphatic heterocycles. The van der Waals surface area contributed by atoms with Gasteiger partial charge in [0, 0.05) is 28.8 Å². The van der Waals surface area contributed by atoms with Gasteiger partial charge in [0.15, 0.2) is 5.78 Å². The second kappa shape index (κ2) is 10.5. The van der Waals surface area contributed by atoms with Crippen molar-refractivity contribution in [2.24, 2.45) is 11.8 Å². The maximum Gasteiger partial charge on any atom is 0.256 e. The molecule has 0 spiro atoms. The monoisotopic (exact) mass is 481 g/mol. The van der Waals surface area contributed by atoms with Crippen molar-refractivity contribution in [2.45, 2.75) is 45.1 Å². The van der Waals surface area contributed by atoms with Crippen LogP contribution in [0.5, 0.6) is 0 Å². The molecule has 36 heavy (non-hydrogen) atoms. The quantitative estimate of drug-likeness (QED) is 0.440. The van der Waals surface area contributed by atoms with Crippen molar-refractivity contribution in [1.29, 1.82) is 0 Å². The molecule has 3 aromatic carbocycles. The summed E-state index contributed by atoms with van der Waals surface area (Å²) in [5.74, 6) is 0.0113. The predicted molar refractivity (Wildman–Crippen MR) is 140 cm³/mol. The minimum Gasteiger partial charge on any atom is -0.322 e. The molecule has 5 rings (SSSR count). The van der Waals surface area contributed by atoms with Crippen LogP contribution in [0.1, 0.15) is 63.1 Å². The normalized spacial score (nSPS) is 21.2. The molecule has 3 atom stereocenters. The molecule has 1 saturated heterocycles. The van der Waals surface area contributed by atoms with Crippen molar-refractivity contribution in [2.75, 3.05) is 5.32 Å². The molecule has 0 aromatic heterocycles. The fraction of sp³-hybridized carbons (Fsp3) is 0.300. The van der Waals surface area contributed by atoms with Gasteiger partial charge in [-0.2, -0.15) is 0 Å². The second-order valence-corrected chi connectivity index (χ2v) is 9.89. The Hall–Kier alpha value is -3.77. The van der Waals surface area contributed by atoms with E-state index < -0.39 is 0 Å². The summed E-state index contributed by atoms with van der Waals surface area (Å²) in [5, 5.41) is 2.97. The Bertz CT molecular complexity index is 1280. The molecular weight excluding hydrogens is 450 g/mol. The third-order valence-electron chi connectivity index (χ3n) is 7.42. The number of anilines is 1. The van der Waals surface area contributed by atoms with Crippen LogP contribution in [-0.4, -0.2) is 23.6 Å². The van der Waals surface area contributed by atoms with Gasteiger partial charge in [0.25, 0.3) is 5.91 Å². The number of carbonyl (C=O) groups is 3. The number of fused-ring (bicyclic) bond motifs is 1. The Morgan fingerprint density at radius 3 is 2.47 bits per heavy atom. The number of hydrogen-bond acceptors (Lipinski definition) is 4. The first-order valence-electron chi connectivity index (χ1n) is 12.7. The van der Waals surface area contributed by atoms with Gasteiger partial charge in [-0.25, -0.2) is 5.43 Å². The third-order valence-corrected chi connectivity index (χ3v) is 7.42. The van der Waals surface area contributed by atoms with Gasteiger partial charge in [-0.15, -0.1) is 0 Å². The summed E-state index contributed by atoms with van der Waals surface area (Å²) in [4.78, 5) is 38.6. The van der Waals surface area contributed by atoms with Gasteiger partial charge in [0.05, 0.1) is 5.56 Å². The number of nitrogens with one attached hydrogen (secondary N) is 3. The van der Waals surface area contributed by atoms with E-state index in [9.17, 15) is 14.4 Å². The second-order valence-electron chi connectivity index (χ2n) is 9.89. The van der Waals surface area contributed by atoms with Crippen molar-refractivity contribution < 1.29 is 14.4 Å². The number of hydrazine groups is 1. The maximum absolute atomic E-state index is 13.2. The summed E-state index contributed by atoms with van der Waals surface area (Å²) in [7, 11) is 0. The van der Waals surface area contributed by atoms with Crippen LogP contribution >= 0.6 is 0 Å². The van der Waals surface area contributed by atoms with E-state index in [1.165, 1.54) is 0 Å². The van der Waals surface area contributed by atoms with Crippen molar-refractivity contribution in [1.82, 2.24) is 10.9 Å². The minimum absolute atomic E-state index is 0.0791. The van der Waals surface area contributed by atoms with Crippen molar-refractivity contribution in [3.05, 3.63) is 101 Å². The molecular formula is C30H31N3O3. The smallest absolute Gasteiger partial charge is 0.256 e. The van der Waals surface area contributed by atoms with Gasteiger partial charge < -0.3 is 5.32 Å². The van der Waals surface area contributed by atoms with Crippen molar-refractivity contribution in [3.63, 3.8) is 0 Å². The van der Waals surface area contributed by atoms with E-state index in [0.29, 0.717) is 28.3 Å². The summed E-state index contributed by atoms with van der Waals surface area (Å²) in [6.45, 7) is 1.97. The molecule has 1 aliphatic carbocycles. The molecule has 6 heteroatoms. The topological polar surface area (TPSA) is 87.3 Å². The zero-order chi connectivity index (χ0) is 25.1. The highest BCUT2D eigenvalue weighted by Crippen LogP contribution is 2.35. The molecule has 1 heterocycles.